The Morgan fingerprint density at radius 3 is 3.06 bits per heavy atom. The Kier molecular flexibility index (Phi) is 5.20. The van der Waals surface area contributed by atoms with Gasteiger partial charge in [-0.25, -0.2) is 0 Å². The molecule has 4 nitrogen and oxygen atoms in total. The molecule has 2 rings (SSSR count). The molecule has 1 aliphatic rings. The molecule has 4 heteroatoms. The van der Waals surface area contributed by atoms with Crippen LogP contribution in [-0.2, 0) is 18.2 Å². The summed E-state index contributed by atoms with van der Waals surface area (Å²) in [6.07, 6.45) is 9.14. The molecule has 0 aromatic carbocycles. The van der Waals surface area contributed by atoms with Crippen molar-refractivity contribution >= 4 is 0 Å². The van der Waals surface area contributed by atoms with Gasteiger partial charge in [-0.3, -0.25) is 4.68 Å². The molecule has 1 N–H and O–H groups in total. The first-order chi connectivity index (χ1) is 8.75. The molecule has 0 bridgehead atoms. The summed E-state index contributed by atoms with van der Waals surface area (Å²) in [6.45, 7) is 0.899. The molecule has 0 spiro atoms. The van der Waals surface area contributed by atoms with Crippen molar-refractivity contribution in [3.8, 4) is 0 Å². The van der Waals surface area contributed by atoms with Gasteiger partial charge in [0, 0.05) is 25.5 Å². The van der Waals surface area contributed by atoms with E-state index in [1.807, 2.05) is 17.8 Å². The lowest BCUT2D eigenvalue weighted by atomic mass is 10.0. The lowest BCUT2D eigenvalue weighted by molar-refractivity contribution is 0.00175. The average molecular weight is 252 g/mol. The quantitative estimate of drug-likeness (QED) is 0.843. The van der Waals surface area contributed by atoms with E-state index >= 15 is 0 Å². The van der Waals surface area contributed by atoms with Crippen LogP contribution in [0.1, 0.15) is 44.2 Å². The van der Waals surface area contributed by atoms with Gasteiger partial charge < -0.3 is 9.84 Å². The molecule has 0 radical (unpaired) electrons. The fourth-order valence-electron chi connectivity index (χ4n) is 2.52. The standard InChI is InChI=1S/C14H24N2O2/c1-16-12(9-10-15-16)5-6-13(17)7-8-14-4-2-3-11-18-14/h9-10,13-14,17H,2-8,11H2,1H3. The highest BCUT2D eigenvalue weighted by Gasteiger charge is 2.15. The molecule has 0 amide bonds. The van der Waals surface area contributed by atoms with E-state index in [0.29, 0.717) is 6.10 Å². The second-order valence-electron chi connectivity index (χ2n) is 5.20. The fourth-order valence-corrected chi connectivity index (χ4v) is 2.52. The molecule has 2 unspecified atom stereocenters. The van der Waals surface area contributed by atoms with E-state index in [1.54, 1.807) is 6.20 Å². The molecule has 102 valence electrons. The SMILES string of the molecule is Cn1nccc1CCC(O)CCC1CCCCO1. The highest BCUT2D eigenvalue weighted by molar-refractivity contribution is 5.00. The molecule has 1 aromatic rings. The Hall–Kier alpha value is -0.870. The summed E-state index contributed by atoms with van der Waals surface area (Å²) in [5, 5.41) is 14.1. The van der Waals surface area contributed by atoms with Crippen LogP contribution in [0.25, 0.3) is 0 Å². The van der Waals surface area contributed by atoms with Gasteiger partial charge in [-0.1, -0.05) is 0 Å². The Balaban J connectivity index is 1.62. The zero-order valence-corrected chi connectivity index (χ0v) is 11.2. The summed E-state index contributed by atoms with van der Waals surface area (Å²) in [6, 6.07) is 2.01. The van der Waals surface area contributed by atoms with Gasteiger partial charge in [-0.2, -0.15) is 5.10 Å². The smallest absolute Gasteiger partial charge is 0.0576 e. The second kappa shape index (κ2) is 6.90. The summed E-state index contributed by atoms with van der Waals surface area (Å²) >= 11 is 0. The topological polar surface area (TPSA) is 47.3 Å². The average Bonchev–Trinajstić information content (AvgIpc) is 2.81. The van der Waals surface area contributed by atoms with E-state index in [9.17, 15) is 5.11 Å². The first-order valence-electron chi connectivity index (χ1n) is 7.02. The van der Waals surface area contributed by atoms with E-state index in [2.05, 4.69) is 5.10 Å². The van der Waals surface area contributed by atoms with Gasteiger partial charge in [0.25, 0.3) is 0 Å². The van der Waals surface area contributed by atoms with Gasteiger partial charge in [-0.15, -0.1) is 0 Å². The van der Waals surface area contributed by atoms with Crippen LogP contribution in [0.5, 0.6) is 0 Å². The molecular formula is C14H24N2O2. The fraction of sp³-hybridized carbons (Fsp3) is 0.786. The van der Waals surface area contributed by atoms with Crippen LogP contribution in [0, 0.1) is 0 Å². The lowest BCUT2D eigenvalue weighted by Gasteiger charge is -2.23. The van der Waals surface area contributed by atoms with E-state index in [-0.39, 0.29) is 6.10 Å². The Morgan fingerprint density at radius 1 is 1.50 bits per heavy atom. The number of hydrogen-bond acceptors (Lipinski definition) is 3. The summed E-state index contributed by atoms with van der Waals surface area (Å²) < 4.78 is 7.54. The lowest BCUT2D eigenvalue weighted by Crippen LogP contribution is -2.21. The zero-order chi connectivity index (χ0) is 12.8. The van der Waals surface area contributed by atoms with Crippen LogP contribution >= 0.6 is 0 Å². The van der Waals surface area contributed by atoms with Crippen LogP contribution in [-0.4, -0.2) is 33.7 Å². The Morgan fingerprint density at radius 2 is 2.39 bits per heavy atom. The van der Waals surface area contributed by atoms with Gasteiger partial charge in [-0.05, 0) is 51.0 Å². The molecule has 1 fully saturated rings. The number of aliphatic hydroxyl groups excluding tert-OH is 1. The normalized spacial score (nSPS) is 22.0. The number of nitrogens with zero attached hydrogens (tertiary/aromatic N) is 2. The van der Waals surface area contributed by atoms with E-state index in [0.717, 1.165) is 38.7 Å². The molecule has 1 aromatic heterocycles. The molecular weight excluding hydrogens is 228 g/mol. The molecule has 1 saturated heterocycles. The summed E-state index contributed by atoms with van der Waals surface area (Å²) in [7, 11) is 1.94. The minimum Gasteiger partial charge on any atom is -0.393 e. The zero-order valence-electron chi connectivity index (χ0n) is 11.2. The third-order valence-electron chi connectivity index (χ3n) is 3.75. The minimum atomic E-state index is -0.217. The number of ether oxygens (including phenoxy) is 1. The largest absolute Gasteiger partial charge is 0.393 e. The highest BCUT2D eigenvalue weighted by atomic mass is 16.5. The first-order valence-corrected chi connectivity index (χ1v) is 7.02. The molecule has 18 heavy (non-hydrogen) atoms. The van der Waals surface area contributed by atoms with Gasteiger partial charge in [0.1, 0.15) is 0 Å². The van der Waals surface area contributed by atoms with Crippen molar-refractivity contribution in [1.82, 2.24) is 9.78 Å². The number of aryl methyl sites for hydroxylation is 2. The highest BCUT2D eigenvalue weighted by Crippen LogP contribution is 2.19. The maximum Gasteiger partial charge on any atom is 0.0576 e. The monoisotopic (exact) mass is 252 g/mol. The third kappa shape index (κ3) is 4.10. The minimum absolute atomic E-state index is 0.217. The van der Waals surface area contributed by atoms with Crippen molar-refractivity contribution in [1.29, 1.82) is 0 Å². The number of rotatable bonds is 6. The Bertz CT molecular complexity index is 345. The molecule has 2 heterocycles. The van der Waals surface area contributed by atoms with E-state index in [1.165, 1.54) is 18.5 Å². The van der Waals surface area contributed by atoms with E-state index in [4.69, 9.17) is 4.74 Å². The number of aromatic nitrogens is 2. The maximum absolute atomic E-state index is 9.98. The molecule has 0 saturated carbocycles. The second-order valence-corrected chi connectivity index (χ2v) is 5.20. The van der Waals surface area contributed by atoms with Gasteiger partial charge in [0.05, 0.1) is 12.2 Å². The molecule has 0 aliphatic carbocycles. The van der Waals surface area contributed by atoms with Crippen LogP contribution in [0.4, 0.5) is 0 Å². The predicted octanol–water partition coefficient (Wildman–Crippen LogP) is 2.06. The van der Waals surface area contributed by atoms with Crippen molar-refractivity contribution in [3.05, 3.63) is 18.0 Å². The Labute approximate surface area is 109 Å². The van der Waals surface area contributed by atoms with Gasteiger partial charge in [0.2, 0.25) is 0 Å². The predicted molar refractivity (Wildman–Crippen MR) is 70.4 cm³/mol. The summed E-state index contributed by atoms with van der Waals surface area (Å²) in [5.41, 5.74) is 1.18. The number of aliphatic hydroxyl groups is 1. The van der Waals surface area contributed by atoms with Gasteiger partial charge in [0.15, 0.2) is 0 Å². The van der Waals surface area contributed by atoms with Crippen molar-refractivity contribution in [2.75, 3.05) is 6.61 Å². The first kappa shape index (κ1) is 13.6. The van der Waals surface area contributed by atoms with Crippen molar-refractivity contribution in [2.24, 2.45) is 7.05 Å². The third-order valence-corrected chi connectivity index (χ3v) is 3.75. The van der Waals surface area contributed by atoms with Crippen LogP contribution in [0.2, 0.25) is 0 Å². The van der Waals surface area contributed by atoms with Crippen LogP contribution in [0.15, 0.2) is 12.3 Å². The summed E-state index contributed by atoms with van der Waals surface area (Å²) in [5.74, 6) is 0. The van der Waals surface area contributed by atoms with Crippen LogP contribution in [0.3, 0.4) is 0 Å². The molecule has 2 atom stereocenters. The number of hydrogen-bond donors (Lipinski definition) is 1. The maximum atomic E-state index is 9.98. The van der Waals surface area contributed by atoms with Crippen LogP contribution < -0.4 is 0 Å². The van der Waals surface area contributed by atoms with Gasteiger partial charge >= 0.3 is 0 Å². The molecule has 1 aliphatic heterocycles. The summed E-state index contributed by atoms with van der Waals surface area (Å²) in [4.78, 5) is 0. The van der Waals surface area contributed by atoms with Crippen molar-refractivity contribution in [2.45, 2.75) is 57.2 Å². The van der Waals surface area contributed by atoms with Crippen molar-refractivity contribution in [3.63, 3.8) is 0 Å². The van der Waals surface area contributed by atoms with Crippen molar-refractivity contribution < 1.29 is 9.84 Å². The van der Waals surface area contributed by atoms with E-state index < -0.39 is 0 Å².